The van der Waals surface area contributed by atoms with Crippen molar-refractivity contribution in [1.82, 2.24) is 19.6 Å². The molecule has 0 spiro atoms. The van der Waals surface area contributed by atoms with E-state index in [1.54, 1.807) is 11.4 Å². The van der Waals surface area contributed by atoms with Crippen LogP contribution in [0.1, 0.15) is 35.9 Å². The molecule has 0 unspecified atom stereocenters. The Morgan fingerprint density at radius 3 is 2.80 bits per heavy atom. The Morgan fingerprint density at radius 1 is 1.47 bits per heavy atom. The first kappa shape index (κ1) is 9.89. The monoisotopic (exact) mass is 206 g/mol. The van der Waals surface area contributed by atoms with Gasteiger partial charge in [-0.15, -0.1) is 0 Å². The van der Waals surface area contributed by atoms with E-state index in [2.05, 4.69) is 28.9 Å². The van der Waals surface area contributed by atoms with Gasteiger partial charge in [-0.3, -0.25) is 9.89 Å². The van der Waals surface area contributed by atoms with Crippen LogP contribution in [0.5, 0.6) is 0 Å². The number of nitrogens with one attached hydrogen (secondary N) is 1. The maximum absolute atomic E-state index is 10.8. The number of nitrogens with zero attached hydrogens (tertiary/aromatic N) is 3. The number of carbonyl (C=O) groups excluding carboxylic acids is 1. The number of imidazole rings is 1. The summed E-state index contributed by atoms with van der Waals surface area (Å²) in [5.74, 6) is 1.97. The van der Waals surface area contributed by atoms with Gasteiger partial charge in [-0.25, -0.2) is 9.50 Å². The molecule has 5 heteroatoms. The third-order valence-corrected chi connectivity index (χ3v) is 2.27. The highest BCUT2D eigenvalue weighted by Crippen LogP contribution is 2.10. The summed E-state index contributed by atoms with van der Waals surface area (Å²) >= 11 is 0. The van der Waals surface area contributed by atoms with E-state index in [0.717, 1.165) is 18.5 Å². The Hall–Kier alpha value is -1.65. The minimum atomic E-state index is 0.529. The predicted molar refractivity (Wildman–Crippen MR) is 56.0 cm³/mol. The molecular formula is C10H14N4O. The number of aromatic nitrogens is 4. The Balaban J connectivity index is 2.48. The highest BCUT2D eigenvalue weighted by atomic mass is 16.1. The van der Waals surface area contributed by atoms with Crippen LogP contribution in [-0.2, 0) is 6.42 Å². The molecule has 1 N–H and O–H groups in total. The summed E-state index contributed by atoms with van der Waals surface area (Å²) in [6.07, 6.45) is 1.66. The zero-order chi connectivity index (χ0) is 11.0. The summed E-state index contributed by atoms with van der Waals surface area (Å²) in [6.45, 7) is 6.04. The number of fused-ring (bicyclic) bond motifs is 1. The molecule has 0 aliphatic rings. The van der Waals surface area contributed by atoms with E-state index in [0.29, 0.717) is 23.1 Å². The summed E-state index contributed by atoms with van der Waals surface area (Å²) < 4.78 is 1.64. The number of rotatable bonds is 3. The third-order valence-electron chi connectivity index (χ3n) is 2.27. The fourth-order valence-electron chi connectivity index (χ4n) is 1.60. The van der Waals surface area contributed by atoms with Crippen LogP contribution in [-0.4, -0.2) is 25.9 Å². The molecule has 2 heterocycles. The van der Waals surface area contributed by atoms with E-state index in [1.165, 1.54) is 0 Å². The van der Waals surface area contributed by atoms with Crippen LogP contribution in [0, 0.1) is 12.8 Å². The first-order valence-electron chi connectivity index (χ1n) is 5.01. The summed E-state index contributed by atoms with van der Waals surface area (Å²) in [6, 6.07) is 0. The van der Waals surface area contributed by atoms with Gasteiger partial charge in [-0.2, -0.15) is 4.98 Å². The molecule has 5 nitrogen and oxygen atoms in total. The number of aromatic amines is 1. The van der Waals surface area contributed by atoms with Gasteiger partial charge in [-0.05, 0) is 12.8 Å². The molecule has 2 rings (SSSR count). The molecule has 2 aromatic heterocycles. The second-order valence-electron chi connectivity index (χ2n) is 4.10. The topological polar surface area (TPSA) is 63.1 Å². The van der Waals surface area contributed by atoms with E-state index >= 15 is 0 Å². The molecule has 0 radical (unpaired) electrons. The quantitative estimate of drug-likeness (QED) is 0.771. The van der Waals surface area contributed by atoms with Crippen LogP contribution in [0.4, 0.5) is 0 Å². The normalized spacial score (nSPS) is 11.5. The summed E-state index contributed by atoms with van der Waals surface area (Å²) in [5, 5.41) is 3.08. The molecule has 0 atom stereocenters. The smallest absolute Gasteiger partial charge is 0.251 e. The van der Waals surface area contributed by atoms with E-state index in [1.807, 2.05) is 0 Å². The van der Waals surface area contributed by atoms with Crippen molar-refractivity contribution in [3.63, 3.8) is 0 Å². The molecule has 0 aliphatic carbocycles. The number of H-pyrrole nitrogens is 1. The highest BCUT2D eigenvalue weighted by molar-refractivity contribution is 5.75. The average molecular weight is 206 g/mol. The Labute approximate surface area is 87.5 Å². The van der Waals surface area contributed by atoms with Gasteiger partial charge in [0.2, 0.25) is 0 Å². The second-order valence-corrected chi connectivity index (χ2v) is 4.10. The second kappa shape index (κ2) is 3.49. The first-order chi connectivity index (χ1) is 7.11. The number of hydrogen-bond donors (Lipinski definition) is 1. The number of carbonyl (C=O) groups is 1. The molecule has 15 heavy (non-hydrogen) atoms. The first-order valence-corrected chi connectivity index (χ1v) is 5.01. The number of hydrogen-bond acceptors (Lipinski definition) is 3. The zero-order valence-corrected chi connectivity index (χ0v) is 9.11. The van der Waals surface area contributed by atoms with Crippen molar-refractivity contribution in [2.45, 2.75) is 27.2 Å². The Bertz CT molecular complexity index is 495. The van der Waals surface area contributed by atoms with Crippen LogP contribution in [0.2, 0.25) is 0 Å². The van der Waals surface area contributed by atoms with Crippen molar-refractivity contribution >= 4 is 12.1 Å². The van der Waals surface area contributed by atoms with Gasteiger partial charge in [-0.1, -0.05) is 13.8 Å². The number of aryl methyl sites for hydroxylation is 1. The third kappa shape index (κ3) is 1.65. The molecule has 0 aliphatic heterocycles. The lowest BCUT2D eigenvalue weighted by atomic mass is 10.1. The SMILES string of the molecule is Cc1nc2nc(CC(C)C)[nH]n2c1C=O. The van der Waals surface area contributed by atoms with Gasteiger partial charge in [0.1, 0.15) is 11.5 Å². The van der Waals surface area contributed by atoms with E-state index in [-0.39, 0.29) is 0 Å². The molecule has 2 aromatic rings. The van der Waals surface area contributed by atoms with Gasteiger partial charge < -0.3 is 0 Å². The molecule has 0 amide bonds. The number of aldehydes is 1. The van der Waals surface area contributed by atoms with Gasteiger partial charge >= 0.3 is 0 Å². The lowest BCUT2D eigenvalue weighted by Crippen LogP contribution is -1.99. The summed E-state index contributed by atoms with van der Waals surface area (Å²) in [7, 11) is 0. The molecule has 0 saturated heterocycles. The fourth-order valence-corrected chi connectivity index (χ4v) is 1.60. The van der Waals surface area contributed by atoms with Crippen molar-refractivity contribution in [3.05, 3.63) is 17.2 Å². The van der Waals surface area contributed by atoms with Crippen molar-refractivity contribution in [2.75, 3.05) is 0 Å². The van der Waals surface area contributed by atoms with Gasteiger partial charge in [0.15, 0.2) is 6.29 Å². The summed E-state index contributed by atoms with van der Waals surface area (Å²) in [4.78, 5) is 19.3. The molecule has 80 valence electrons. The average Bonchev–Trinajstić information content (AvgIpc) is 2.59. The lowest BCUT2D eigenvalue weighted by molar-refractivity contribution is 0.111. The van der Waals surface area contributed by atoms with E-state index < -0.39 is 0 Å². The lowest BCUT2D eigenvalue weighted by Gasteiger charge is -1.98. The minimum absolute atomic E-state index is 0.529. The Kier molecular flexibility index (Phi) is 2.30. The molecule has 0 bridgehead atoms. The van der Waals surface area contributed by atoms with Crippen molar-refractivity contribution < 1.29 is 4.79 Å². The zero-order valence-electron chi connectivity index (χ0n) is 9.11. The van der Waals surface area contributed by atoms with Gasteiger partial charge in [0.05, 0.1) is 5.69 Å². The highest BCUT2D eigenvalue weighted by Gasteiger charge is 2.12. The maximum Gasteiger partial charge on any atom is 0.251 e. The Morgan fingerprint density at radius 2 is 2.20 bits per heavy atom. The van der Waals surface area contributed by atoms with Crippen molar-refractivity contribution in [1.29, 1.82) is 0 Å². The van der Waals surface area contributed by atoms with E-state index in [4.69, 9.17) is 0 Å². The van der Waals surface area contributed by atoms with Crippen molar-refractivity contribution in [2.24, 2.45) is 5.92 Å². The summed E-state index contributed by atoms with van der Waals surface area (Å²) in [5.41, 5.74) is 1.26. The molecular weight excluding hydrogens is 192 g/mol. The van der Waals surface area contributed by atoms with Gasteiger partial charge in [0.25, 0.3) is 5.78 Å². The largest absolute Gasteiger partial charge is 0.296 e. The standard InChI is InChI=1S/C10H14N4O/c1-6(2)4-9-12-10-11-7(3)8(5-15)14(10)13-9/h5-6H,4H2,1-3H3,(H,11,12,13). The minimum Gasteiger partial charge on any atom is -0.296 e. The van der Waals surface area contributed by atoms with Gasteiger partial charge in [0, 0.05) is 6.42 Å². The van der Waals surface area contributed by atoms with Crippen molar-refractivity contribution in [3.8, 4) is 0 Å². The molecule has 0 saturated carbocycles. The van der Waals surface area contributed by atoms with Crippen LogP contribution in [0.15, 0.2) is 0 Å². The fraction of sp³-hybridized carbons (Fsp3) is 0.500. The molecule has 0 fully saturated rings. The molecule has 0 aromatic carbocycles. The van der Waals surface area contributed by atoms with Crippen LogP contribution < -0.4 is 0 Å². The van der Waals surface area contributed by atoms with Crippen LogP contribution >= 0.6 is 0 Å². The predicted octanol–water partition coefficient (Wildman–Crippen LogP) is 1.38. The maximum atomic E-state index is 10.8. The van der Waals surface area contributed by atoms with Crippen LogP contribution in [0.25, 0.3) is 5.78 Å². The van der Waals surface area contributed by atoms with Crippen LogP contribution in [0.3, 0.4) is 0 Å². The van der Waals surface area contributed by atoms with E-state index in [9.17, 15) is 4.79 Å².